The van der Waals surface area contributed by atoms with E-state index in [-0.39, 0.29) is 17.6 Å². The Morgan fingerprint density at radius 2 is 2.14 bits per heavy atom. The molecule has 0 spiro atoms. The normalized spacial score (nSPS) is 12.4. The van der Waals surface area contributed by atoms with Gasteiger partial charge < -0.3 is 10.1 Å². The van der Waals surface area contributed by atoms with Crippen LogP contribution in [0.2, 0.25) is 0 Å². The topological polar surface area (TPSA) is 64.3 Å². The fourth-order valence-electron chi connectivity index (χ4n) is 2.29. The van der Waals surface area contributed by atoms with Gasteiger partial charge in [0.25, 0.3) is 5.78 Å². The Kier molecular flexibility index (Phi) is 3.62. The molecule has 0 fully saturated rings. The molecule has 0 bridgehead atoms. The van der Waals surface area contributed by atoms with E-state index in [4.69, 9.17) is 4.74 Å². The van der Waals surface area contributed by atoms with Crippen molar-refractivity contribution in [2.45, 2.75) is 19.9 Å². The first-order chi connectivity index (χ1) is 10.6. The molecule has 0 unspecified atom stereocenters. The lowest BCUT2D eigenvalue weighted by Crippen LogP contribution is -2.11. The Hall–Kier alpha value is -2.70. The molecule has 1 aromatic carbocycles. The van der Waals surface area contributed by atoms with Crippen molar-refractivity contribution in [3.8, 4) is 5.75 Å². The summed E-state index contributed by atoms with van der Waals surface area (Å²) < 4.78 is 20.4. The number of hydrogen-bond acceptors (Lipinski definition) is 5. The van der Waals surface area contributed by atoms with Crippen LogP contribution in [-0.2, 0) is 0 Å². The molecule has 0 amide bonds. The molecule has 1 atom stereocenters. The minimum absolute atomic E-state index is 0.116. The van der Waals surface area contributed by atoms with Gasteiger partial charge in [-0.15, -0.1) is 0 Å². The number of nitrogens with zero attached hydrogens (tertiary/aromatic N) is 4. The third kappa shape index (κ3) is 2.57. The van der Waals surface area contributed by atoms with Crippen LogP contribution in [0.1, 0.15) is 24.2 Å². The second-order valence-electron chi connectivity index (χ2n) is 5.01. The van der Waals surface area contributed by atoms with Crippen LogP contribution >= 0.6 is 0 Å². The number of methoxy groups -OCH3 is 1. The first-order valence-electron chi connectivity index (χ1n) is 6.86. The van der Waals surface area contributed by atoms with Crippen molar-refractivity contribution in [2.75, 3.05) is 12.4 Å². The quantitative estimate of drug-likeness (QED) is 0.802. The summed E-state index contributed by atoms with van der Waals surface area (Å²) in [7, 11) is 1.45. The zero-order chi connectivity index (χ0) is 15.7. The van der Waals surface area contributed by atoms with Gasteiger partial charge in [-0.25, -0.2) is 9.37 Å². The number of rotatable bonds is 4. The van der Waals surface area contributed by atoms with Crippen molar-refractivity contribution in [3.63, 3.8) is 0 Å². The van der Waals surface area contributed by atoms with Crippen LogP contribution in [0.3, 0.4) is 0 Å². The van der Waals surface area contributed by atoms with Gasteiger partial charge >= 0.3 is 0 Å². The molecule has 0 aliphatic carbocycles. The summed E-state index contributed by atoms with van der Waals surface area (Å²) in [5.74, 6) is 1.12. The highest BCUT2D eigenvalue weighted by Gasteiger charge is 2.12. The number of halogens is 1. The summed E-state index contributed by atoms with van der Waals surface area (Å²) in [5.41, 5.74) is 1.64. The van der Waals surface area contributed by atoms with Gasteiger partial charge in [-0.1, -0.05) is 6.07 Å². The van der Waals surface area contributed by atoms with Gasteiger partial charge in [0.05, 0.1) is 13.2 Å². The maximum atomic E-state index is 13.8. The Balaban J connectivity index is 1.91. The van der Waals surface area contributed by atoms with Crippen LogP contribution in [0.4, 0.5) is 10.2 Å². The number of aryl methyl sites for hydroxylation is 1. The molecular weight excluding hydrogens is 285 g/mol. The average molecular weight is 301 g/mol. The summed E-state index contributed by atoms with van der Waals surface area (Å²) in [6, 6.07) is 6.66. The first-order valence-corrected chi connectivity index (χ1v) is 6.86. The fraction of sp³-hybridized carbons (Fsp3) is 0.267. The van der Waals surface area contributed by atoms with Gasteiger partial charge in [0.2, 0.25) is 0 Å². The Bertz CT molecular complexity index is 817. The predicted octanol–water partition coefficient (Wildman–Crippen LogP) is 2.75. The molecule has 2 heterocycles. The largest absolute Gasteiger partial charge is 0.494 e. The third-order valence-electron chi connectivity index (χ3n) is 3.42. The van der Waals surface area contributed by atoms with Gasteiger partial charge in [0, 0.05) is 11.8 Å². The minimum Gasteiger partial charge on any atom is -0.494 e. The van der Waals surface area contributed by atoms with Crippen LogP contribution in [0.15, 0.2) is 30.6 Å². The van der Waals surface area contributed by atoms with Crippen molar-refractivity contribution in [1.29, 1.82) is 0 Å². The van der Waals surface area contributed by atoms with Gasteiger partial charge in [-0.3, -0.25) is 0 Å². The van der Waals surface area contributed by atoms with E-state index in [2.05, 4.69) is 20.4 Å². The van der Waals surface area contributed by atoms with E-state index in [1.807, 2.05) is 26.0 Å². The van der Waals surface area contributed by atoms with E-state index in [1.54, 1.807) is 10.6 Å². The van der Waals surface area contributed by atoms with E-state index in [1.165, 1.54) is 19.5 Å². The number of hydrogen-bond donors (Lipinski definition) is 1. The molecule has 2 aromatic heterocycles. The molecule has 3 aromatic rings. The molecular formula is C15H16FN5O. The standard InChI is InChI=1S/C15H16FN5O/c1-9-6-14(21-15(19-9)17-8-18-21)20-10(2)11-4-5-13(22-3)12(16)7-11/h4-8,10,20H,1-3H3/t10-/m1/s1. The molecule has 3 rings (SSSR count). The summed E-state index contributed by atoms with van der Waals surface area (Å²) in [5, 5.41) is 7.44. The third-order valence-corrected chi connectivity index (χ3v) is 3.42. The maximum absolute atomic E-state index is 13.8. The van der Waals surface area contributed by atoms with E-state index >= 15 is 0 Å². The van der Waals surface area contributed by atoms with E-state index in [0.29, 0.717) is 5.78 Å². The van der Waals surface area contributed by atoms with Crippen molar-refractivity contribution >= 4 is 11.6 Å². The molecule has 7 heteroatoms. The fourth-order valence-corrected chi connectivity index (χ4v) is 2.29. The van der Waals surface area contributed by atoms with E-state index in [0.717, 1.165) is 17.1 Å². The highest BCUT2D eigenvalue weighted by atomic mass is 19.1. The number of aromatic nitrogens is 4. The van der Waals surface area contributed by atoms with E-state index in [9.17, 15) is 4.39 Å². The number of benzene rings is 1. The molecule has 0 saturated carbocycles. The zero-order valence-corrected chi connectivity index (χ0v) is 12.5. The van der Waals surface area contributed by atoms with Gasteiger partial charge in [-0.05, 0) is 31.5 Å². The second-order valence-corrected chi connectivity index (χ2v) is 5.01. The Labute approximate surface area is 127 Å². The van der Waals surface area contributed by atoms with E-state index < -0.39 is 0 Å². The lowest BCUT2D eigenvalue weighted by atomic mass is 10.1. The van der Waals surface area contributed by atoms with Gasteiger partial charge in [0.1, 0.15) is 12.1 Å². The lowest BCUT2D eigenvalue weighted by Gasteiger charge is -2.17. The molecule has 1 N–H and O–H groups in total. The van der Waals surface area contributed by atoms with Crippen LogP contribution in [0.5, 0.6) is 5.75 Å². The van der Waals surface area contributed by atoms with Crippen molar-refractivity contribution in [3.05, 3.63) is 47.7 Å². The van der Waals surface area contributed by atoms with Crippen LogP contribution in [0.25, 0.3) is 5.78 Å². The van der Waals surface area contributed by atoms with Crippen LogP contribution in [-0.4, -0.2) is 26.7 Å². The second kappa shape index (κ2) is 5.59. The molecule has 22 heavy (non-hydrogen) atoms. The summed E-state index contributed by atoms with van der Waals surface area (Å²) in [4.78, 5) is 8.37. The van der Waals surface area contributed by atoms with Crippen LogP contribution in [0, 0.1) is 12.7 Å². The summed E-state index contributed by atoms with van der Waals surface area (Å²) in [6.45, 7) is 3.83. The molecule has 6 nitrogen and oxygen atoms in total. The molecule has 0 aliphatic heterocycles. The number of anilines is 1. The van der Waals surface area contributed by atoms with Crippen molar-refractivity contribution < 1.29 is 9.13 Å². The molecule has 0 radical (unpaired) electrons. The molecule has 114 valence electrons. The van der Waals surface area contributed by atoms with Gasteiger partial charge in [-0.2, -0.15) is 14.6 Å². The van der Waals surface area contributed by atoms with Gasteiger partial charge in [0.15, 0.2) is 11.6 Å². The summed E-state index contributed by atoms with van der Waals surface area (Å²) >= 11 is 0. The predicted molar refractivity (Wildman–Crippen MR) is 80.5 cm³/mol. The van der Waals surface area contributed by atoms with Crippen molar-refractivity contribution in [1.82, 2.24) is 19.6 Å². The molecule has 0 saturated heterocycles. The Morgan fingerprint density at radius 1 is 1.32 bits per heavy atom. The van der Waals surface area contributed by atoms with Crippen LogP contribution < -0.4 is 10.1 Å². The number of ether oxygens (including phenoxy) is 1. The zero-order valence-electron chi connectivity index (χ0n) is 12.5. The lowest BCUT2D eigenvalue weighted by molar-refractivity contribution is 0.386. The number of fused-ring (bicyclic) bond motifs is 1. The number of nitrogens with one attached hydrogen (secondary N) is 1. The average Bonchev–Trinajstić information content (AvgIpc) is 2.95. The highest BCUT2D eigenvalue weighted by molar-refractivity contribution is 5.46. The highest BCUT2D eigenvalue weighted by Crippen LogP contribution is 2.24. The minimum atomic E-state index is -0.384. The maximum Gasteiger partial charge on any atom is 0.254 e. The smallest absolute Gasteiger partial charge is 0.254 e. The molecule has 0 aliphatic rings. The van der Waals surface area contributed by atoms with Crippen molar-refractivity contribution in [2.24, 2.45) is 0 Å². The SMILES string of the molecule is COc1ccc([C@@H](C)Nc2cc(C)nc3ncnn23)cc1F. The monoisotopic (exact) mass is 301 g/mol. The first kappa shape index (κ1) is 14.2. The summed E-state index contributed by atoms with van der Waals surface area (Å²) in [6.07, 6.45) is 1.45. The Morgan fingerprint density at radius 3 is 2.86 bits per heavy atom.